The van der Waals surface area contributed by atoms with Gasteiger partial charge in [-0.3, -0.25) is 4.79 Å². The minimum Gasteiger partial charge on any atom is -0.353 e. The Labute approximate surface area is 159 Å². The predicted octanol–water partition coefficient (Wildman–Crippen LogP) is 2.57. The van der Waals surface area contributed by atoms with Gasteiger partial charge in [0.05, 0.1) is 0 Å². The first-order valence-electron chi connectivity index (χ1n) is 9.16. The molecule has 0 saturated carbocycles. The maximum absolute atomic E-state index is 12.5. The van der Waals surface area contributed by atoms with E-state index in [1.807, 2.05) is 32.0 Å². The summed E-state index contributed by atoms with van der Waals surface area (Å²) in [4.78, 5) is 33.0. The predicted molar refractivity (Wildman–Crippen MR) is 106 cm³/mol. The van der Waals surface area contributed by atoms with Gasteiger partial charge in [0.1, 0.15) is 5.82 Å². The van der Waals surface area contributed by atoms with Crippen molar-refractivity contribution in [2.75, 3.05) is 36.4 Å². The number of nitrogens with zero attached hydrogens (tertiary/aromatic N) is 3. The Kier molecular flexibility index (Phi) is 5.90. The molecule has 0 atom stereocenters. The summed E-state index contributed by atoms with van der Waals surface area (Å²) in [6, 6.07) is 12.7. The summed E-state index contributed by atoms with van der Waals surface area (Å²) in [5.41, 5.74) is 1.14. The van der Waals surface area contributed by atoms with Crippen molar-refractivity contribution in [3.05, 3.63) is 54.2 Å². The summed E-state index contributed by atoms with van der Waals surface area (Å²) in [5, 5.41) is 5.74. The van der Waals surface area contributed by atoms with Crippen LogP contribution in [-0.2, 0) is 0 Å². The van der Waals surface area contributed by atoms with Crippen molar-refractivity contribution in [3.8, 4) is 0 Å². The van der Waals surface area contributed by atoms with Crippen LogP contribution in [0.15, 0.2) is 48.7 Å². The average Bonchev–Trinajstić information content (AvgIpc) is 2.68. The molecular formula is C20H25N5O2. The van der Waals surface area contributed by atoms with Crippen LogP contribution in [0.1, 0.15) is 24.2 Å². The van der Waals surface area contributed by atoms with E-state index >= 15 is 0 Å². The Balaban J connectivity index is 1.56. The quantitative estimate of drug-likeness (QED) is 0.871. The number of pyridine rings is 1. The molecule has 0 unspecified atom stereocenters. The molecule has 142 valence electrons. The second-order valence-electron chi connectivity index (χ2n) is 6.80. The number of anilines is 2. The molecule has 2 aromatic rings. The van der Waals surface area contributed by atoms with Gasteiger partial charge >= 0.3 is 6.03 Å². The highest BCUT2D eigenvalue weighted by Crippen LogP contribution is 2.15. The highest BCUT2D eigenvalue weighted by Gasteiger charge is 2.22. The molecule has 1 aliphatic rings. The van der Waals surface area contributed by atoms with Crippen molar-refractivity contribution in [3.63, 3.8) is 0 Å². The lowest BCUT2D eigenvalue weighted by molar-refractivity contribution is 0.0943. The van der Waals surface area contributed by atoms with Gasteiger partial charge in [-0.25, -0.2) is 9.78 Å². The molecule has 1 aromatic carbocycles. The van der Waals surface area contributed by atoms with E-state index in [1.165, 1.54) is 0 Å². The smallest absolute Gasteiger partial charge is 0.321 e. The molecular weight excluding hydrogens is 342 g/mol. The van der Waals surface area contributed by atoms with Crippen LogP contribution in [-0.4, -0.2) is 54.0 Å². The van der Waals surface area contributed by atoms with Crippen molar-refractivity contribution in [1.29, 1.82) is 0 Å². The fourth-order valence-corrected chi connectivity index (χ4v) is 2.97. The van der Waals surface area contributed by atoms with E-state index in [-0.39, 0.29) is 18.0 Å². The lowest BCUT2D eigenvalue weighted by atomic mass is 10.2. The van der Waals surface area contributed by atoms with Gasteiger partial charge in [0.2, 0.25) is 0 Å². The van der Waals surface area contributed by atoms with Crippen molar-refractivity contribution >= 4 is 23.4 Å². The largest absolute Gasteiger partial charge is 0.353 e. The van der Waals surface area contributed by atoms with Crippen LogP contribution in [0.4, 0.5) is 16.3 Å². The fraction of sp³-hybridized carbons (Fsp3) is 0.350. The van der Waals surface area contributed by atoms with Crippen LogP contribution >= 0.6 is 0 Å². The topological polar surface area (TPSA) is 77.6 Å². The van der Waals surface area contributed by atoms with E-state index in [0.29, 0.717) is 24.3 Å². The Morgan fingerprint density at radius 2 is 1.81 bits per heavy atom. The lowest BCUT2D eigenvalue weighted by Gasteiger charge is -2.35. The number of piperazine rings is 1. The first-order valence-corrected chi connectivity index (χ1v) is 9.16. The number of carbonyl (C=O) groups is 2. The number of carbonyl (C=O) groups excluding carboxylic acids is 2. The third kappa shape index (κ3) is 4.97. The second-order valence-corrected chi connectivity index (χ2v) is 6.80. The summed E-state index contributed by atoms with van der Waals surface area (Å²) < 4.78 is 0. The van der Waals surface area contributed by atoms with Gasteiger partial charge in [0.15, 0.2) is 0 Å². The number of benzene rings is 1. The summed E-state index contributed by atoms with van der Waals surface area (Å²) >= 11 is 0. The highest BCUT2D eigenvalue weighted by atomic mass is 16.2. The van der Waals surface area contributed by atoms with Crippen LogP contribution in [0.5, 0.6) is 0 Å². The van der Waals surface area contributed by atoms with Gasteiger partial charge < -0.3 is 20.4 Å². The van der Waals surface area contributed by atoms with Crippen LogP contribution in [0.2, 0.25) is 0 Å². The highest BCUT2D eigenvalue weighted by molar-refractivity contribution is 5.97. The molecule has 2 N–H and O–H groups in total. The standard InChI is InChI=1S/C20H25N5O2/c1-15(2)22-19(26)16-6-5-7-17(14-16)23-20(27)25-12-10-24(11-13-25)18-8-3-4-9-21-18/h3-9,14-15H,10-13H2,1-2H3,(H,22,26)(H,23,27). The van der Waals surface area contributed by atoms with E-state index in [1.54, 1.807) is 35.4 Å². The zero-order chi connectivity index (χ0) is 19.2. The van der Waals surface area contributed by atoms with Gasteiger partial charge in [0.25, 0.3) is 5.91 Å². The molecule has 1 saturated heterocycles. The third-order valence-corrected chi connectivity index (χ3v) is 4.34. The SMILES string of the molecule is CC(C)NC(=O)c1cccc(NC(=O)N2CCN(c3ccccn3)CC2)c1. The summed E-state index contributed by atoms with van der Waals surface area (Å²) in [6.45, 7) is 6.54. The zero-order valence-electron chi connectivity index (χ0n) is 15.7. The third-order valence-electron chi connectivity index (χ3n) is 4.34. The Morgan fingerprint density at radius 1 is 1.04 bits per heavy atom. The molecule has 1 aliphatic heterocycles. The van der Waals surface area contributed by atoms with Gasteiger partial charge in [-0.05, 0) is 44.2 Å². The minimum atomic E-state index is -0.155. The molecule has 7 nitrogen and oxygen atoms in total. The molecule has 2 heterocycles. The van der Waals surface area contributed by atoms with Crippen molar-refractivity contribution in [1.82, 2.24) is 15.2 Å². The summed E-state index contributed by atoms with van der Waals surface area (Å²) in [7, 11) is 0. The summed E-state index contributed by atoms with van der Waals surface area (Å²) in [6.07, 6.45) is 1.77. The van der Waals surface area contributed by atoms with E-state index in [4.69, 9.17) is 0 Å². The molecule has 0 aliphatic carbocycles. The van der Waals surface area contributed by atoms with Crippen molar-refractivity contribution in [2.45, 2.75) is 19.9 Å². The van der Waals surface area contributed by atoms with Crippen LogP contribution in [0.3, 0.4) is 0 Å². The van der Waals surface area contributed by atoms with Crippen LogP contribution in [0.25, 0.3) is 0 Å². The molecule has 1 aromatic heterocycles. The molecule has 3 amide bonds. The van der Waals surface area contributed by atoms with Crippen LogP contribution in [0, 0.1) is 0 Å². The van der Waals surface area contributed by atoms with Gasteiger partial charge in [-0.15, -0.1) is 0 Å². The maximum Gasteiger partial charge on any atom is 0.321 e. The molecule has 0 radical (unpaired) electrons. The number of nitrogens with one attached hydrogen (secondary N) is 2. The Hall–Kier alpha value is -3.09. The average molecular weight is 367 g/mol. The van der Waals surface area contributed by atoms with Crippen LogP contribution < -0.4 is 15.5 Å². The second kappa shape index (κ2) is 8.53. The van der Waals surface area contributed by atoms with E-state index in [9.17, 15) is 9.59 Å². The first kappa shape index (κ1) is 18.7. The number of hydrogen-bond donors (Lipinski definition) is 2. The Morgan fingerprint density at radius 3 is 2.48 bits per heavy atom. The number of rotatable bonds is 4. The maximum atomic E-state index is 12.5. The molecule has 3 rings (SSSR count). The molecule has 1 fully saturated rings. The number of amides is 3. The molecule has 27 heavy (non-hydrogen) atoms. The number of urea groups is 1. The summed E-state index contributed by atoms with van der Waals surface area (Å²) in [5.74, 6) is 0.784. The molecule has 0 spiro atoms. The Bertz CT molecular complexity index is 786. The normalized spacial score (nSPS) is 14.2. The molecule has 7 heteroatoms. The van der Waals surface area contributed by atoms with Gasteiger partial charge in [-0.1, -0.05) is 12.1 Å². The minimum absolute atomic E-state index is 0.0612. The molecule has 0 bridgehead atoms. The fourth-order valence-electron chi connectivity index (χ4n) is 2.97. The van der Waals surface area contributed by atoms with Gasteiger partial charge in [0, 0.05) is 49.7 Å². The van der Waals surface area contributed by atoms with Gasteiger partial charge in [-0.2, -0.15) is 0 Å². The van der Waals surface area contributed by atoms with Crippen molar-refractivity contribution < 1.29 is 9.59 Å². The zero-order valence-corrected chi connectivity index (χ0v) is 15.7. The van der Waals surface area contributed by atoms with E-state index < -0.39 is 0 Å². The van der Waals surface area contributed by atoms with E-state index in [2.05, 4.69) is 20.5 Å². The lowest BCUT2D eigenvalue weighted by Crippen LogP contribution is -2.50. The van der Waals surface area contributed by atoms with E-state index in [0.717, 1.165) is 18.9 Å². The van der Waals surface area contributed by atoms with Crippen molar-refractivity contribution in [2.24, 2.45) is 0 Å². The monoisotopic (exact) mass is 367 g/mol. The first-order chi connectivity index (χ1) is 13.0. The number of aromatic nitrogens is 1. The number of hydrogen-bond acceptors (Lipinski definition) is 4.